The molecule has 0 unspecified atom stereocenters. The molecular weight excluding hydrogens is 270 g/mol. The highest BCUT2D eigenvalue weighted by atomic mass is 16.6. The Morgan fingerprint density at radius 3 is 2.76 bits per heavy atom. The molecule has 0 saturated heterocycles. The molecule has 21 heavy (non-hydrogen) atoms. The molecule has 0 radical (unpaired) electrons. The van der Waals surface area contributed by atoms with Gasteiger partial charge < -0.3 is 4.74 Å². The summed E-state index contributed by atoms with van der Waals surface area (Å²) in [4.78, 5) is 28.4. The highest BCUT2D eigenvalue weighted by Crippen LogP contribution is 2.10. The number of nitrogens with one attached hydrogen (secondary N) is 1. The van der Waals surface area contributed by atoms with E-state index in [4.69, 9.17) is 4.74 Å². The van der Waals surface area contributed by atoms with Crippen molar-refractivity contribution < 1.29 is 9.53 Å². The molecule has 0 bridgehead atoms. The first-order valence-electron chi connectivity index (χ1n) is 6.82. The second kappa shape index (κ2) is 5.95. The Balaban J connectivity index is 2.35. The van der Waals surface area contributed by atoms with Gasteiger partial charge >= 0.3 is 6.09 Å². The van der Waals surface area contributed by atoms with Gasteiger partial charge in [-0.25, -0.2) is 15.2 Å². The van der Waals surface area contributed by atoms with Gasteiger partial charge in [0.25, 0.3) is 5.56 Å². The molecule has 1 heterocycles. The predicted octanol–water partition coefficient (Wildman–Crippen LogP) is 2.35. The Hall–Kier alpha value is -2.37. The molecule has 1 amide bonds. The van der Waals surface area contributed by atoms with Gasteiger partial charge in [-0.3, -0.25) is 4.79 Å². The maximum Gasteiger partial charge on any atom is 0.426 e. The summed E-state index contributed by atoms with van der Waals surface area (Å²) in [7, 11) is 0. The van der Waals surface area contributed by atoms with Crippen molar-refractivity contribution in [2.24, 2.45) is 5.92 Å². The predicted molar refractivity (Wildman–Crippen MR) is 81.0 cm³/mol. The van der Waals surface area contributed by atoms with Crippen LogP contribution in [0.4, 0.5) is 4.79 Å². The summed E-state index contributed by atoms with van der Waals surface area (Å²) in [5.41, 5.74) is 3.67. The van der Waals surface area contributed by atoms with Gasteiger partial charge in [-0.1, -0.05) is 25.5 Å². The van der Waals surface area contributed by atoms with Crippen LogP contribution in [-0.4, -0.2) is 22.4 Å². The summed E-state index contributed by atoms with van der Waals surface area (Å²) in [5.74, 6) is 0.629. The number of carbonyl (C=O) groups is 1. The van der Waals surface area contributed by atoms with Crippen molar-refractivity contribution in [3.8, 4) is 0 Å². The molecule has 0 atom stereocenters. The molecule has 1 aromatic carbocycles. The molecule has 0 aliphatic carbocycles. The monoisotopic (exact) mass is 289 g/mol. The molecule has 1 N–H and O–H groups in total. The lowest BCUT2D eigenvalue weighted by Crippen LogP contribution is -2.36. The molecule has 0 fully saturated rings. The lowest BCUT2D eigenvalue weighted by atomic mass is 10.2. The first-order valence-corrected chi connectivity index (χ1v) is 6.82. The van der Waals surface area contributed by atoms with Crippen molar-refractivity contribution in [3.63, 3.8) is 0 Å². The third-order valence-electron chi connectivity index (χ3n) is 2.94. The average molecular weight is 289 g/mol. The first-order chi connectivity index (χ1) is 9.88. The van der Waals surface area contributed by atoms with Crippen molar-refractivity contribution in [1.29, 1.82) is 0 Å². The van der Waals surface area contributed by atoms with Gasteiger partial charge in [0.05, 0.1) is 17.5 Å². The lowest BCUT2D eigenvalue weighted by Gasteiger charge is -2.13. The van der Waals surface area contributed by atoms with Crippen LogP contribution in [0.1, 0.15) is 25.2 Å². The molecule has 0 spiro atoms. The van der Waals surface area contributed by atoms with E-state index in [0.717, 1.165) is 10.2 Å². The number of fused-ring (bicyclic) bond motifs is 1. The first kappa shape index (κ1) is 15.0. The molecule has 1 aromatic heterocycles. The van der Waals surface area contributed by atoms with Crippen molar-refractivity contribution in [2.45, 2.75) is 27.7 Å². The normalized spacial score (nSPS) is 10.9. The van der Waals surface area contributed by atoms with Gasteiger partial charge in [0.1, 0.15) is 5.82 Å². The number of aromatic nitrogens is 2. The average Bonchev–Trinajstić information content (AvgIpc) is 2.42. The van der Waals surface area contributed by atoms with Crippen LogP contribution >= 0.6 is 0 Å². The van der Waals surface area contributed by atoms with Crippen LogP contribution in [0, 0.1) is 19.8 Å². The van der Waals surface area contributed by atoms with Crippen LogP contribution in [-0.2, 0) is 4.74 Å². The van der Waals surface area contributed by atoms with Crippen LogP contribution in [0.25, 0.3) is 10.9 Å². The van der Waals surface area contributed by atoms with Crippen LogP contribution in [0.3, 0.4) is 0 Å². The number of hydrogen-bond donors (Lipinski definition) is 1. The van der Waals surface area contributed by atoms with Crippen LogP contribution in [0.2, 0.25) is 0 Å². The van der Waals surface area contributed by atoms with E-state index >= 15 is 0 Å². The van der Waals surface area contributed by atoms with Crippen molar-refractivity contribution in [2.75, 3.05) is 12.0 Å². The number of aryl methyl sites for hydroxylation is 2. The van der Waals surface area contributed by atoms with E-state index < -0.39 is 6.09 Å². The second-order valence-corrected chi connectivity index (χ2v) is 5.42. The topological polar surface area (TPSA) is 73.2 Å². The summed E-state index contributed by atoms with van der Waals surface area (Å²) in [6.07, 6.45) is -0.664. The van der Waals surface area contributed by atoms with E-state index in [-0.39, 0.29) is 11.5 Å². The molecule has 0 saturated carbocycles. The third kappa shape index (κ3) is 3.39. The van der Waals surface area contributed by atoms with E-state index in [0.29, 0.717) is 23.3 Å². The Kier molecular flexibility index (Phi) is 4.26. The number of nitrogens with zero attached hydrogens (tertiary/aromatic N) is 2. The Morgan fingerprint density at radius 2 is 2.10 bits per heavy atom. The summed E-state index contributed by atoms with van der Waals surface area (Å²) in [5, 5.41) is 0.463. The van der Waals surface area contributed by atoms with Gasteiger partial charge in [0, 0.05) is 0 Å². The zero-order valence-corrected chi connectivity index (χ0v) is 12.6. The molecule has 6 nitrogen and oxygen atoms in total. The van der Waals surface area contributed by atoms with Gasteiger partial charge in [0.15, 0.2) is 0 Å². The van der Waals surface area contributed by atoms with E-state index in [1.165, 1.54) is 0 Å². The summed E-state index contributed by atoms with van der Waals surface area (Å²) in [6.45, 7) is 7.71. The highest BCUT2D eigenvalue weighted by Gasteiger charge is 2.12. The van der Waals surface area contributed by atoms with Crippen molar-refractivity contribution in [3.05, 3.63) is 39.9 Å². The standard InChI is InChI=1S/C15H19N3O3/c1-9(2)8-21-15(20)17-18-11(4)16-13-6-5-10(3)7-12(13)14(18)19/h5-7,9H,8H2,1-4H3,(H,17,20). The quantitative estimate of drug-likeness (QED) is 0.941. The summed E-state index contributed by atoms with van der Waals surface area (Å²) >= 11 is 0. The molecule has 0 aliphatic heterocycles. The smallest absolute Gasteiger partial charge is 0.426 e. The Morgan fingerprint density at radius 1 is 1.38 bits per heavy atom. The Bertz CT molecular complexity index is 735. The SMILES string of the molecule is Cc1ccc2nc(C)n(NC(=O)OCC(C)C)c(=O)c2c1. The minimum absolute atomic E-state index is 0.228. The number of benzene rings is 1. The van der Waals surface area contributed by atoms with Crippen LogP contribution in [0.15, 0.2) is 23.0 Å². The van der Waals surface area contributed by atoms with Gasteiger partial charge in [-0.2, -0.15) is 4.68 Å². The molecule has 6 heteroatoms. The minimum Gasteiger partial charge on any atom is -0.448 e. The fourth-order valence-electron chi connectivity index (χ4n) is 1.91. The van der Waals surface area contributed by atoms with Crippen molar-refractivity contribution in [1.82, 2.24) is 9.66 Å². The zero-order valence-electron chi connectivity index (χ0n) is 12.6. The number of ether oxygens (including phenoxy) is 1. The molecule has 112 valence electrons. The maximum absolute atomic E-state index is 12.4. The molecule has 0 aliphatic rings. The fourth-order valence-corrected chi connectivity index (χ4v) is 1.91. The molecular formula is C15H19N3O3. The van der Waals surface area contributed by atoms with Crippen molar-refractivity contribution >= 4 is 17.0 Å². The largest absolute Gasteiger partial charge is 0.448 e. The van der Waals surface area contributed by atoms with E-state index in [9.17, 15) is 9.59 Å². The van der Waals surface area contributed by atoms with E-state index in [1.807, 2.05) is 26.8 Å². The number of rotatable bonds is 3. The number of amides is 1. The van der Waals surface area contributed by atoms with Crippen LogP contribution < -0.4 is 11.0 Å². The molecule has 2 rings (SSSR count). The fraction of sp³-hybridized carbons (Fsp3) is 0.400. The van der Waals surface area contributed by atoms with E-state index in [2.05, 4.69) is 10.4 Å². The maximum atomic E-state index is 12.4. The summed E-state index contributed by atoms with van der Waals surface area (Å²) in [6, 6.07) is 5.44. The minimum atomic E-state index is -0.664. The number of carbonyl (C=O) groups excluding carboxylic acids is 1. The zero-order chi connectivity index (χ0) is 15.6. The van der Waals surface area contributed by atoms with Gasteiger partial charge in [0.2, 0.25) is 0 Å². The number of hydrogen-bond acceptors (Lipinski definition) is 4. The van der Waals surface area contributed by atoms with Crippen LogP contribution in [0.5, 0.6) is 0 Å². The van der Waals surface area contributed by atoms with Gasteiger partial charge in [-0.15, -0.1) is 0 Å². The lowest BCUT2D eigenvalue weighted by molar-refractivity contribution is 0.144. The van der Waals surface area contributed by atoms with E-state index in [1.54, 1.807) is 19.1 Å². The van der Waals surface area contributed by atoms with Gasteiger partial charge in [-0.05, 0) is 31.9 Å². The molecule has 2 aromatic rings. The highest BCUT2D eigenvalue weighted by molar-refractivity contribution is 5.80. The Labute approximate surface area is 122 Å². The second-order valence-electron chi connectivity index (χ2n) is 5.42. The third-order valence-corrected chi connectivity index (χ3v) is 2.94. The summed E-state index contributed by atoms with van der Waals surface area (Å²) < 4.78 is 6.13.